The molecule has 0 aromatic rings. The Morgan fingerprint density at radius 1 is 1.15 bits per heavy atom. The summed E-state index contributed by atoms with van der Waals surface area (Å²) in [7, 11) is 0. The Morgan fingerprint density at radius 2 is 1.95 bits per heavy atom. The second kappa shape index (κ2) is 6.18. The van der Waals surface area contributed by atoms with E-state index in [1.165, 1.54) is 69.3 Å². The molecule has 1 aliphatic carbocycles. The van der Waals surface area contributed by atoms with Gasteiger partial charge in [-0.05, 0) is 61.9 Å². The molecule has 116 valence electrons. The molecule has 0 amide bonds. The van der Waals surface area contributed by atoms with Gasteiger partial charge in [0.15, 0.2) is 0 Å². The van der Waals surface area contributed by atoms with E-state index in [-0.39, 0.29) is 11.1 Å². The molecule has 3 aliphatic rings. The Balaban J connectivity index is 1.74. The van der Waals surface area contributed by atoms with Gasteiger partial charge in [0.25, 0.3) is 0 Å². The lowest BCUT2D eigenvalue weighted by Crippen LogP contribution is -2.59. The van der Waals surface area contributed by atoms with Crippen molar-refractivity contribution in [3.8, 4) is 0 Å². The third kappa shape index (κ3) is 2.78. The second-order valence-electron chi connectivity index (χ2n) is 7.30. The van der Waals surface area contributed by atoms with Gasteiger partial charge in [-0.3, -0.25) is 0 Å². The average molecular weight is 298 g/mol. The normalized spacial score (nSPS) is 41.7. The lowest BCUT2D eigenvalue weighted by Gasteiger charge is -2.52. The van der Waals surface area contributed by atoms with Crippen molar-refractivity contribution in [2.24, 2.45) is 17.6 Å². The van der Waals surface area contributed by atoms with Crippen molar-refractivity contribution >= 4 is 11.8 Å². The molecule has 0 aromatic carbocycles. The maximum atomic E-state index is 7.02. The standard InChI is InChI=1S/C17H31NOS/c1-2-14-5-3-4-7-17(14,18)15-6-10-19-16(13-15)8-11-20-12-9-16/h14-15H,2-13,18H2,1H3. The van der Waals surface area contributed by atoms with Gasteiger partial charge >= 0.3 is 0 Å². The molecular formula is C17H31NOS. The van der Waals surface area contributed by atoms with Crippen molar-refractivity contribution in [2.75, 3.05) is 18.1 Å². The minimum atomic E-state index is 0.106. The summed E-state index contributed by atoms with van der Waals surface area (Å²) in [5.41, 5.74) is 7.31. The Hall–Kier alpha value is 0.270. The van der Waals surface area contributed by atoms with Gasteiger partial charge in [-0.2, -0.15) is 11.8 Å². The van der Waals surface area contributed by atoms with Crippen LogP contribution in [0.2, 0.25) is 0 Å². The Morgan fingerprint density at radius 3 is 2.70 bits per heavy atom. The third-order valence-corrected chi connectivity index (χ3v) is 7.31. The predicted molar refractivity (Wildman–Crippen MR) is 87.1 cm³/mol. The third-order valence-electron chi connectivity index (χ3n) is 6.32. The molecular weight excluding hydrogens is 266 g/mol. The summed E-state index contributed by atoms with van der Waals surface area (Å²) in [6.45, 7) is 3.29. The van der Waals surface area contributed by atoms with Gasteiger partial charge in [0.2, 0.25) is 0 Å². The molecule has 2 aliphatic heterocycles. The van der Waals surface area contributed by atoms with E-state index in [2.05, 4.69) is 18.7 Å². The Bertz CT molecular complexity index is 323. The topological polar surface area (TPSA) is 35.2 Å². The van der Waals surface area contributed by atoms with Gasteiger partial charge in [-0.25, -0.2) is 0 Å². The molecule has 3 atom stereocenters. The van der Waals surface area contributed by atoms with E-state index < -0.39 is 0 Å². The van der Waals surface area contributed by atoms with Gasteiger partial charge in [0, 0.05) is 12.1 Å². The van der Waals surface area contributed by atoms with Crippen LogP contribution in [0.1, 0.15) is 64.7 Å². The summed E-state index contributed by atoms with van der Waals surface area (Å²) >= 11 is 2.09. The molecule has 1 spiro atoms. The van der Waals surface area contributed by atoms with Crippen molar-refractivity contribution in [1.82, 2.24) is 0 Å². The first-order valence-electron chi connectivity index (χ1n) is 8.69. The molecule has 0 bridgehead atoms. The highest BCUT2D eigenvalue weighted by Crippen LogP contribution is 2.48. The second-order valence-corrected chi connectivity index (χ2v) is 8.52. The van der Waals surface area contributed by atoms with Crippen LogP contribution in [0, 0.1) is 11.8 Å². The molecule has 3 fully saturated rings. The van der Waals surface area contributed by atoms with Gasteiger partial charge in [-0.15, -0.1) is 0 Å². The molecule has 3 heteroatoms. The smallest absolute Gasteiger partial charge is 0.0701 e. The van der Waals surface area contributed by atoms with E-state index in [9.17, 15) is 0 Å². The zero-order chi connectivity index (χ0) is 14.1. The van der Waals surface area contributed by atoms with Crippen LogP contribution < -0.4 is 5.73 Å². The lowest BCUT2D eigenvalue weighted by atomic mass is 9.61. The van der Waals surface area contributed by atoms with E-state index in [1.54, 1.807) is 0 Å². The van der Waals surface area contributed by atoms with E-state index in [1.807, 2.05) is 0 Å². The van der Waals surface area contributed by atoms with Crippen LogP contribution in [0.4, 0.5) is 0 Å². The number of rotatable bonds is 2. The quantitative estimate of drug-likeness (QED) is 0.837. The van der Waals surface area contributed by atoms with Crippen LogP contribution in [-0.2, 0) is 4.74 Å². The van der Waals surface area contributed by atoms with Crippen molar-refractivity contribution in [2.45, 2.75) is 75.9 Å². The summed E-state index contributed by atoms with van der Waals surface area (Å²) in [5.74, 6) is 4.00. The lowest BCUT2D eigenvalue weighted by molar-refractivity contribution is -0.121. The van der Waals surface area contributed by atoms with Crippen LogP contribution in [0.15, 0.2) is 0 Å². The fourth-order valence-corrected chi connectivity index (χ4v) is 6.23. The van der Waals surface area contributed by atoms with E-state index in [0.717, 1.165) is 12.5 Å². The van der Waals surface area contributed by atoms with Crippen molar-refractivity contribution in [3.05, 3.63) is 0 Å². The highest BCUT2D eigenvalue weighted by molar-refractivity contribution is 7.99. The number of hydrogen-bond acceptors (Lipinski definition) is 3. The molecule has 2 saturated heterocycles. The van der Waals surface area contributed by atoms with E-state index in [0.29, 0.717) is 5.92 Å². The molecule has 2 N–H and O–H groups in total. The molecule has 20 heavy (non-hydrogen) atoms. The number of nitrogens with two attached hydrogens (primary N) is 1. The summed E-state index contributed by atoms with van der Waals surface area (Å²) < 4.78 is 6.27. The highest BCUT2D eigenvalue weighted by Gasteiger charge is 2.48. The molecule has 0 aromatic heterocycles. The molecule has 1 saturated carbocycles. The first-order chi connectivity index (χ1) is 9.69. The van der Waals surface area contributed by atoms with Gasteiger partial charge in [-0.1, -0.05) is 26.2 Å². The van der Waals surface area contributed by atoms with Crippen LogP contribution >= 0.6 is 11.8 Å². The maximum absolute atomic E-state index is 7.02. The molecule has 3 rings (SSSR count). The van der Waals surface area contributed by atoms with Gasteiger partial charge in [0.1, 0.15) is 0 Å². The number of thioether (sulfide) groups is 1. The highest BCUT2D eigenvalue weighted by atomic mass is 32.2. The van der Waals surface area contributed by atoms with Crippen LogP contribution in [0.3, 0.4) is 0 Å². The van der Waals surface area contributed by atoms with Crippen molar-refractivity contribution in [3.63, 3.8) is 0 Å². The fourth-order valence-electron chi connectivity index (χ4n) is 4.99. The molecule has 2 nitrogen and oxygen atoms in total. The maximum Gasteiger partial charge on any atom is 0.0701 e. The summed E-state index contributed by atoms with van der Waals surface area (Å²) in [5, 5.41) is 0. The van der Waals surface area contributed by atoms with Crippen LogP contribution in [-0.4, -0.2) is 29.3 Å². The van der Waals surface area contributed by atoms with Gasteiger partial charge in [0.05, 0.1) is 5.60 Å². The van der Waals surface area contributed by atoms with Crippen LogP contribution in [0.5, 0.6) is 0 Å². The first kappa shape index (κ1) is 15.2. The average Bonchev–Trinajstić information content (AvgIpc) is 2.48. The largest absolute Gasteiger partial charge is 0.375 e. The minimum Gasteiger partial charge on any atom is -0.375 e. The summed E-state index contributed by atoms with van der Waals surface area (Å²) in [6.07, 6.45) is 11.5. The summed E-state index contributed by atoms with van der Waals surface area (Å²) in [4.78, 5) is 0. The first-order valence-corrected chi connectivity index (χ1v) is 9.85. The van der Waals surface area contributed by atoms with E-state index >= 15 is 0 Å². The summed E-state index contributed by atoms with van der Waals surface area (Å²) in [6, 6.07) is 0. The Kier molecular flexibility index (Phi) is 4.69. The molecule has 3 unspecified atom stereocenters. The zero-order valence-electron chi connectivity index (χ0n) is 13.0. The van der Waals surface area contributed by atoms with Crippen LogP contribution in [0.25, 0.3) is 0 Å². The Labute approximate surface area is 128 Å². The zero-order valence-corrected chi connectivity index (χ0v) is 13.9. The fraction of sp³-hybridized carbons (Fsp3) is 1.00. The van der Waals surface area contributed by atoms with E-state index in [4.69, 9.17) is 10.5 Å². The van der Waals surface area contributed by atoms with Crippen molar-refractivity contribution < 1.29 is 4.74 Å². The van der Waals surface area contributed by atoms with Crippen molar-refractivity contribution in [1.29, 1.82) is 0 Å². The number of hydrogen-bond donors (Lipinski definition) is 1. The predicted octanol–water partition coefficient (Wildman–Crippen LogP) is 3.98. The van der Waals surface area contributed by atoms with Gasteiger partial charge < -0.3 is 10.5 Å². The molecule has 2 heterocycles. The molecule has 0 radical (unpaired) electrons. The monoisotopic (exact) mass is 297 g/mol. The number of ether oxygens (including phenoxy) is 1. The minimum absolute atomic E-state index is 0.106. The SMILES string of the molecule is CCC1CCCCC1(N)C1CCOC2(CCSCC2)C1.